The summed E-state index contributed by atoms with van der Waals surface area (Å²) < 4.78 is 5.35. The van der Waals surface area contributed by atoms with Gasteiger partial charge in [-0.2, -0.15) is 0 Å². The minimum atomic E-state index is -0.526. The van der Waals surface area contributed by atoms with Gasteiger partial charge >= 0.3 is 12.0 Å². The smallest absolute Gasteiger partial charge is 0.338 e. The van der Waals surface area contributed by atoms with Crippen molar-refractivity contribution in [3.8, 4) is 0 Å². The molecule has 2 N–H and O–H groups in total. The highest BCUT2D eigenvalue weighted by Gasteiger charge is 2.35. The van der Waals surface area contributed by atoms with E-state index in [2.05, 4.69) is 39.8 Å². The van der Waals surface area contributed by atoms with Crippen molar-refractivity contribution >= 4 is 12.0 Å². The summed E-state index contributed by atoms with van der Waals surface area (Å²) in [6.07, 6.45) is 1.06. The number of carbonyl (C=O) groups excluding carboxylic acids is 2. The molecule has 2 amide bonds. The van der Waals surface area contributed by atoms with E-state index in [1.54, 1.807) is 6.92 Å². The number of ether oxygens (including phenoxy) is 1. The van der Waals surface area contributed by atoms with Gasteiger partial charge in [0.25, 0.3) is 0 Å². The standard InChI is InChI=1S/C24H27N3O3/c1-2-30-23(28)21-20(25-24(29)26-22(21)18-11-7-4-8-12-18)16-27-14-13-19(15-27)17-9-5-3-6-10-17/h3-12,19,22H,2,13-16H2,1H3,(H2,25,26,29). The molecule has 2 unspecified atom stereocenters. The Bertz CT molecular complexity index is 927. The maximum absolute atomic E-state index is 12.9. The second-order valence-corrected chi connectivity index (χ2v) is 7.69. The number of rotatable bonds is 6. The van der Waals surface area contributed by atoms with Crippen molar-refractivity contribution in [3.05, 3.63) is 83.1 Å². The van der Waals surface area contributed by atoms with Gasteiger partial charge in [0.1, 0.15) is 0 Å². The Kier molecular flexibility index (Phi) is 6.14. The molecule has 2 atom stereocenters. The Morgan fingerprint density at radius 3 is 2.40 bits per heavy atom. The largest absolute Gasteiger partial charge is 0.463 e. The van der Waals surface area contributed by atoms with Gasteiger partial charge in [-0.3, -0.25) is 4.90 Å². The molecule has 0 spiro atoms. The fourth-order valence-corrected chi connectivity index (χ4v) is 4.29. The summed E-state index contributed by atoms with van der Waals surface area (Å²) >= 11 is 0. The highest BCUT2D eigenvalue weighted by molar-refractivity contribution is 5.95. The van der Waals surface area contributed by atoms with Gasteiger partial charge in [0.2, 0.25) is 0 Å². The summed E-state index contributed by atoms with van der Waals surface area (Å²) in [6.45, 7) is 4.38. The third-order valence-electron chi connectivity index (χ3n) is 5.71. The number of carbonyl (C=O) groups is 2. The molecule has 4 rings (SSSR count). The van der Waals surface area contributed by atoms with E-state index in [0.29, 0.717) is 23.7 Å². The molecular weight excluding hydrogens is 378 g/mol. The van der Waals surface area contributed by atoms with Crippen LogP contribution in [0.5, 0.6) is 0 Å². The highest BCUT2D eigenvalue weighted by Crippen LogP contribution is 2.31. The van der Waals surface area contributed by atoms with E-state index in [9.17, 15) is 9.59 Å². The first-order valence-electron chi connectivity index (χ1n) is 10.5. The van der Waals surface area contributed by atoms with Crippen LogP contribution in [0.25, 0.3) is 0 Å². The molecule has 156 valence electrons. The van der Waals surface area contributed by atoms with Crippen molar-refractivity contribution in [2.45, 2.75) is 25.3 Å². The lowest BCUT2D eigenvalue weighted by Gasteiger charge is -2.31. The Morgan fingerprint density at radius 1 is 1.07 bits per heavy atom. The van der Waals surface area contributed by atoms with Gasteiger partial charge in [-0.25, -0.2) is 9.59 Å². The van der Waals surface area contributed by atoms with Crippen LogP contribution in [0, 0.1) is 0 Å². The first kappa shape index (κ1) is 20.2. The van der Waals surface area contributed by atoms with Crippen LogP contribution in [0.1, 0.15) is 36.4 Å². The zero-order valence-corrected chi connectivity index (χ0v) is 17.1. The maximum atomic E-state index is 12.9. The second kappa shape index (κ2) is 9.13. The summed E-state index contributed by atoms with van der Waals surface area (Å²) in [5, 5.41) is 5.76. The number of nitrogens with one attached hydrogen (secondary N) is 2. The average Bonchev–Trinajstić information content (AvgIpc) is 3.23. The van der Waals surface area contributed by atoms with Gasteiger partial charge in [-0.15, -0.1) is 0 Å². The Morgan fingerprint density at radius 2 is 1.73 bits per heavy atom. The van der Waals surface area contributed by atoms with Crippen LogP contribution in [0.15, 0.2) is 71.9 Å². The molecule has 0 aliphatic carbocycles. The van der Waals surface area contributed by atoms with Crippen molar-refractivity contribution < 1.29 is 14.3 Å². The number of esters is 1. The fraction of sp³-hybridized carbons (Fsp3) is 0.333. The lowest BCUT2D eigenvalue weighted by molar-refractivity contribution is -0.139. The molecule has 2 heterocycles. The van der Waals surface area contributed by atoms with Crippen molar-refractivity contribution in [3.63, 3.8) is 0 Å². The number of urea groups is 1. The Balaban J connectivity index is 1.60. The lowest BCUT2D eigenvalue weighted by Crippen LogP contribution is -2.48. The molecule has 1 saturated heterocycles. The molecule has 0 aromatic heterocycles. The molecule has 2 aromatic rings. The van der Waals surface area contributed by atoms with Crippen molar-refractivity contribution in [1.29, 1.82) is 0 Å². The topological polar surface area (TPSA) is 70.7 Å². The third kappa shape index (κ3) is 4.39. The molecule has 0 radical (unpaired) electrons. The normalized spacial score (nSPS) is 21.8. The van der Waals surface area contributed by atoms with E-state index in [1.165, 1.54) is 5.56 Å². The van der Waals surface area contributed by atoms with Crippen LogP contribution in [-0.4, -0.2) is 43.1 Å². The van der Waals surface area contributed by atoms with E-state index in [-0.39, 0.29) is 12.6 Å². The van der Waals surface area contributed by atoms with Gasteiger partial charge in [-0.1, -0.05) is 60.7 Å². The number of benzene rings is 2. The SMILES string of the molecule is CCOC(=O)C1=C(CN2CCC(c3ccccc3)C2)NC(=O)NC1c1ccccc1. The number of hydrogen-bond donors (Lipinski definition) is 2. The Hall–Kier alpha value is -3.12. The van der Waals surface area contributed by atoms with Crippen LogP contribution in [0.4, 0.5) is 4.79 Å². The van der Waals surface area contributed by atoms with Crippen LogP contribution in [-0.2, 0) is 9.53 Å². The second-order valence-electron chi connectivity index (χ2n) is 7.69. The van der Waals surface area contributed by atoms with E-state index >= 15 is 0 Å². The summed E-state index contributed by atoms with van der Waals surface area (Å²) in [4.78, 5) is 27.6. The summed E-state index contributed by atoms with van der Waals surface area (Å²) in [5.74, 6) is 0.0628. The first-order chi connectivity index (χ1) is 14.7. The molecule has 6 nitrogen and oxygen atoms in total. The molecule has 0 bridgehead atoms. The molecule has 2 aliphatic rings. The first-order valence-corrected chi connectivity index (χ1v) is 10.5. The molecule has 2 aliphatic heterocycles. The van der Waals surface area contributed by atoms with Crippen molar-refractivity contribution in [2.24, 2.45) is 0 Å². The number of likely N-dealkylation sites (tertiary alicyclic amines) is 1. The summed E-state index contributed by atoms with van der Waals surface area (Å²) in [6, 6.07) is 19.2. The van der Waals surface area contributed by atoms with E-state index in [1.807, 2.05) is 36.4 Å². The average molecular weight is 405 g/mol. The number of nitrogens with zero attached hydrogens (tertiary/aromatic N) is 1. The van der Waals surface area contributed by atoms with Gasteiger partial charge in [0.15, 0.2) is 0 Å². The number of hydrogen-bond acceptors (Lipinski definition) is 4. The molecular formula is C24H27N3O3. The lowest BCUT2D eigenvalue weighted by atomic mass is 9.95. The van der Waals surface area contributed by atoms with Crippen molar-refractivity contribution in [2.75, 3.05) is 26.2 Å². The predicted molar refractivity (Wildman–Crippen MR) is 115 cm³/mol. The fourth-order valence-electron chi connectivity index (χ4n) is 4.29. The summed E-state index contributed by atoms with van der Waals surface area (Å²) in [7, 11) is 0. The van der Waals surface area contributed by atoms with Crippen LogP contribution in [0.3, 0.4) is 0 Å². The minimum absolute atomic E-state index is 0.283. The molecule has 0 saturated carbocycles. The predicted octanol–water partition coefficient (Wildman–Crippen LogP) is 3.35. The van der Waals surface area contributed by atoms with E-state index in [4.69, 9.17) is 4.74 Å². The van der Waals surface area contributed by atoms with Gasteiger partial charge in [0, 0.05) is 18.8 Å². The van der Waals surface area contributed by atoms with Crippen LogP contribution >= 0.6 is 0 Å². The van der Waals surface area contributed by atoms with Crippen LogP contribution in [0.2, 0.25) is 0 Å². The third-order valence-corrected chi connectivity index (χ3v) is 5.71. The zero-order valence-electron chi connectivity index (χ0n) is 17.1. The molecule has 2 aromatic carbocycles. The highest BCUT2D eigenvalue weighted by atomic mass is 16.5. The van der Waals surface area contributed by atoms with Gasteiger partial charge in [-0.05, 0) is 36.9 Å². The van der Waals surface area contributed by atoms with Gasteiger partial charge < -0.3 is 15.4 Å². The molecule has 30 heavy (non-hydrogen) atoms. The molecule has 6 heteroatoms. The number of amides is 2. The Labute approximate surface area is 176 Å². The minimum Gasteiger partial charge on any atom is -0.463 e. The monoisotopic (exact) mass is 405 g/mol. The van der Waals surface area contributed by atoms with Crippen molar-refractivity contribution in [1.82, 2.24) is 15.5 Å². The summed E-state index contributed by atoms with van der Waals surface area (Å²) in [5.41, 5.74) is 3.29. The maximum Gasteiger partial charge on any atom is 0.338 e. The van der Waals surface area contributed by atoms with E-state index < -0.39 is 12.0 Å². The van der Waals surface area contributed by atoms with Gasteiger partial charge in [0.05, 0.1) is 18.2 Å². The zero-order chi connectivity index (χ0) is 20.9. The molecule has 1 fully saturated rings. The van der Waals surface area contributed by atoms with E-state index in [0.717, 1.165) is 25.1 Å². The quantitative estimate of drug-likeness (QED) is 0.723. The van der Waals surface area contributed by atoms with Crippen LogP contribution < -0.4 is 10.6 Å².